The largest absolute Gasteiger partial charge is 0.496 e. The minimum atomic E-state index is -3.60. The van der Waals surface area contributed by atoms with E-state index >= 15 is 0 Å². The van der Waals surface area contributed by atoms with Gasteiger partial charge in [0.25, 0.3) is 5.91 Å². The molecule has 30 heavy (non-hydrogen) atoms. The summed E-state index contributed by atoms with van der Waals surface area (Å²) in [5.41, 5.74) is 1.06. The van der Waals surface area contributed by atoms with E-state index in [-0.39, 0.29) is 23.4 Å². The Kier molecular flexibility index (Phi) is 7.69. The van der Waals surface area contributed by atoms with Gasteiger partial charge in [-0.2, -0.15) is 4.31 Å². The Balaban J connectivity index is 2.16. The minimum Gasteiger partial charge on any atom is -0.496 e. The molecule has 1 amide bonds. The number of hydrogen-bond donors (Lipinski definition) is 1. The number of benzene rings is 2. The third-order valence-electron chi connectivity index (χ3n) is 4.75. The summed E-state index contributed by atoms with van der Waals surface area (Å²) in [6, 6.07) is 9.08. The van der Waals surface area contributed by atoms with Gasteiger partial charge in [-0.25, -0.2) is 8.42 Å². The number of sulfonamides is 1. The SMILES string of the molecule is COc1cc(OC)c(OC)cc1CNC(=O)c1ccc(S(=O)(=O)N(C)C(C)C)cc1. The van der Waals surface area contributed by atoms with Gasteiger partial charge < -0.3 is 19.5 Å². The monoisotopic (exact) mass is 436 g/mol. The van der Waals surface area contributed by atoms with Gasteiger partial charge >= 0.3 is 0 Å². The van der Waals surface area contributed by atoms with Crippen molar-refractivity contribution in [1.29, 1.82) is 0 Å². The molecule has 0 atom stereocenters. The standard InChI is InChI=1S/C21H28N2O6S/c1-14(2)23(3)30(25,26)17-9-7-15(8-10-17)21(24)22-13-16-11-19(28-5)20(29-6)12-18(16)27-4/h7-12,14H,13H2,1-6H3,(H,22,24). The number of carbonyl (C=O) groups excluding carboxylic acids is 1. The van der Waals surface area contributed by atoms with Crippen LogP contribution < -0.4 is 19.5 Å². The highest BCUT2D eigenvalue weighted by Crippen LogP contribution is 2.34. The van der Waals surface area contributed by atoms with Gasteiger partial charge in [-0.3, -0.25) is 4.79 Å². The number of amides is 1. The topological polar surface area (TPSA) is 94.2 Å². The minimum absolute atomic E-state index is 0.136. The first-order chi connectivity index (χ1) is 14.1. The third-order valence-corrected chi connectivity index (χ3v) is 6.79. The quantitative estimate of drug-likeness (QED) is 0.650. The average Bonchev–Trinajstić information content (AvgIpc) is 2.75. The predicted octanol–water partition coefficient (Wildman–Crippen LogP) is 2.67. The molecule has 1 N–H and O–H groups in total. The van der Waals surface area contributed by atoms with E-state index < -0.39 is 10.0 Å². The zero-order valence-corrected chi connectivity index (χ0v) is 18.9. The molecule has 2 aromatic rings. The van der Waals surface area contributed by atoms with Crippen LogP contribution in [0.4, 0.5) is 0 Å². The molecule has 2 rings (SSSR count). The van der Waals surface area contributed by atoms with Crippen LogP contribution in [0.15, 0.2) is 41.3 Å². The van der Waals surface area contributed by atoms with Crippen LogP contribution in [0.3, 0.4) is 0 Å². The van der Waals surface area contributed by atoms with Gasteiger partial charge in [0.2, 0.25) is 10.0 Å². The number of carbonyl (C=O) groups is 1. The van der Waals surface area contributed by atoms with Gasteiger partial charge in [-0.05, 0) is 44.2 Å². The molecule has 0 radical (unpaired) electrons. The van der Waals surface area contributed by atoms with E-state index in [9.17, 15) is 13.2 Å². The zero-order chi connectivity index (χ0) is 22.5. The zero-order valence-electron chi connectivity index (χ0n) is 18.1. The summed E-state index contributed by atoms with van der Waals surface area (Å²) >= 11 is 0. The van der Waals surface area contributed by atoms with Crippen molar-refractivity contribution in [2.24, 2.45) is 0 Å². The number of methoxy groups -OCH3 is 3. The van der Waals surface area contributed by atoms with E-state index in [2.05, 4.69) is 5.32 Å². The van der Waals surface area contributed by atoms with Crippen molar-refractivity contribution in [1.82, 2.24) is 9.62 Å². The lowest BCUT2D eigenvalue weighted by molar-refractivity contribution is 0.0950. The summed E-state index contributed by atoms with van der Waals surface area (Å²) < 4.78 is 42.3. The highest BCUT2D eigenvalue weighted by Gasteiger charge is 2.23. The van der Waals surface area contributed by atoms with E-state index in [1.807, 2.05) is 0 Å². The van der Waals surface area contributed by atoms with Crippen LogP contribution in [0.25, 0.3) is 0 Å². The van der Waals surface area contributed by atoms with Crippen molar-refractivity contribution in [2.45, 2.75) is 31.3 Å². The molecular formula is C21H28N2O6S. The first-order valence-corrected chi connectivity index (χ1v) is 10.7. The summed E-state index contributed by atoms with van der Waals surface area (Å²) in [7, 11) is 2.51. The second kappa shape index (κ2) is 9.82. The Hall–Kier alpha value is -2.78. The van der Waals surface area contributed by atoms with Crippen molar-refractivity contribution < 1.29 is 27.4 Å². The summed E-state index contributed by atoms with van der Waals surface area (Å²) in [6.07, 6.45) is 0. The second-order valence-electron chi connectivity index (χ2n) is 6.84. The fourth-order valence-corrected chi connectivity index (χ4v) is 4.10. The molecule has 0 aromatic heterocycles. The van der Waals surface area contributed by atoms with E-state index in [1.54, 1.807) is 26.0 Å². The van der Waals surface area contributed by atoms with Gasteiger partial charge in [0, 0.05) is 36.8 Å². The van der Waals surface area contributed by atoms with E-state index in [0.717, 1.165) is 0 Å². The summed E-state index contributed by atoms with van der Waals surface area (Å²) in [5, 5.41) is 2.80. The van der Waals surface area contributed by atoms with E-state index in [0.29, 0.717) is 28.4 Å². The maximum absolute atomic E-state index is 12.5. The van der Waals surface area contributed by atoms with Crippen LogP contribution in [-0.4, -0.2) is 53.0 Å². The van der Waals surface area contributed by atoms with Gasteiger partial charge in [0.1, 0.15) is 5.75 Å². The molecule has 2 aromatic carbocycles. The molecule has 0 heterocycles. The van der Waals surface area contributed by atoms with Crippen LogP contribution >= 0.6 is 0 Å². The Bertz CT molecular complexity index is 987. The van der Waals surface area contributed by atoms with Crippen molar-refractivity contribution in [3.05, 3.63) is 47.5 Å². The van der Waals surface area contributed by atoms with Gasteiger partial charge in [-0.1, -0.05) is 0 Å². The molecule has 9 heteroatoms. The highest BCUT2D eigenvalue weighted by atomic mass is 32.2. The summed E-state index contributed by atoms with van der Waals surface area (Å²) in [6.45, 7) is 3.78. The maximum Gasteiger partial charge on any atom is 0.251 e. The van der Waals surface area contributed by atoms with Crippen LogP contribution in [0.1, 0.15) is 29.8 Å². The van der Waals surface area contributed by atoms with E-state index in [1.165, 1.54) is 56.9 Å². The first kappa shape index (κ1) is 23.5. The number of nitrogens with one attached hydrogen (secondary N) is 1. The van der Waals surface area contributed by atoms with Crippen LogP contribution in [0.2, 0.25) is 0 Å². The van der Waals surface area contributed by atoms with Gasteiger partial charge in [0.15, 0.2) is 11.5 Å². The second-order valence-corrected chi connectivity index (χ2v) is 8.84. The van der Waals surface area contributed by atoms with Crippen molar-refractivity contribution in [2.75, 3.05) is 28.4 Å². The molecule has 0 bridgehead atoms. The van der Waals surface area contributed by atoms with Gasteiger partial charge in [-0.15, -0.1) is 0 Å². The molecular weight excluding hydrogens is 408 g/mol. The molecule has 0 saturated heterocycles. The van der Waals surface area contributed by atoms with Crippen LogP contribution in [-0.2, 0) is 16.6 Å². The molecule has 0 spiro atoms. The molecule has 164 valence electrons. The van der Waals surface area contributed by atoms with Crippen molar-refractivity contribution in [3.63, 3.8) is 0 Å². The lowest BCUT2D eigenvalue weighted by Crippen LogP contribution is -2.33. The summed E-state index contributed by atoms with van der Waals surface area (Å²) in [4.78, 5) is 12.7. The fraction of sp³-hybridized carbons (Fsp3) is 0.381. The Morgan fingerprint density at radius 2 is 1.50 bits per heavy atom. The maximum atomic E-state index is 12.5. The fourth-order valence-electron chi connectivity index (χ4n) is 2.73. The highest BCUT2D eigenvalue weighted by molar-refractivity contribution is 7.89. The third kappa shape index (κ3) is 5.03. The molecule has 0 unspecified atom stereocenters. The molecule has 0 aliphatic carbocycles. The van der Waals surface area contributed by atoms with Crippen molar-refractivity contribution >= 4 is 15.9 Å². The Labute approximate surface area is 177 Å². The molecule has 0 saturated carbocycles. The van der Waals surface area contributed by atoms with Crippen LogP contribution in [0, 0.1) is 0 Å². The Morgan fingerprint density at radius 1 is 0.967 bits per heavy atom. The lowest BCUT2D eigenvalue weighted by Gasteiger charge is -2.21. The van der Waals surface area contributed by atoms with Gasteiger partial charge in [0.05, 0.1) is 26.2 Å². The smallest absolute Gasteiger partial charge is 0.251 e. The molecule has 0 aliphatic rings. The predicted molar refractivity (Wildman–Crippen MR) is 114 cm³/mol. The van der Waals surface area contributed by atoms with Crippen molar-refractivity contribution in [3.8, 4) is 17.2 Å². The van der Waals surface area contributed by atoms with E-state index in [4.69, 9.17) is 14.2 Å². The summed E-state index contributed by atoms with van der Waals surface area (Å²) in [5.74, 6) is 1.25. The molecule has 8 nitrogen and oxygen atoms in total. The Morgan fingerprint density at radius 3 is 2.00 bits per heavy atom. The number of rotatable bonds is 9. The number of ether oxygens (including phenoxy) is 3. The molecule has 0 aliphatic heterocycles. The molecule has 0 fully saturated rings. The normalized spacial score (nSPS) is 11.5. The first-order valence-electron chi connectivity index (χ1n) is 9.30. The average molecular weight is 437 g/mol. The van der Waals surface area contributed by atoms with Crippen LogP contribution in [0.5, 0.6) is 17.2 Å². The lowest BCUT2D eigenvalue weighted by atomic mass is 10.1. The number of hydrogen-bond acceptors (Lipinski definition) is 6. The number of nitrogens with zero attached hydrogens (tertiary/aromatic N) is 1.